The number of aromatic amines is 1. The van der Waals surface area contributed by atoms with Crippen LogP contribution in [-0.2, 0) is 16.6 Å². The molecule has 33 heavy (non-hydrogen) atoms. The first-order valence-corrected chi connectivity index (χ1v) is 11.7. The van der Waals surface area contributed by atoms with E-state index in [1.807, 2.05) is 0 Å². The standard InChI is InChI=1S/C22H21F3N4O3S/c1-3-28(4-2)33(31,32)19-8-6-5-7-15(19)14-9-10-16-18(11-14)29(13-22(23,24)25)21(30)17-12-26-27-20(16)17/h5-12H,3-4,13H2,1-2H3,(H,26,27). The van der Waals surface area contributed by atoms with Crippen LogP contribution in [0.2, 0.25) is 0 Å². The average Bonchev–Trinajstić information content (AvgIpc) is 3.26. The Labute approximate surface area is 187 Å². The van der Waals surface area contributed by atoms with Crippen molar-refractivity contribution >= 4 is 31.8 Å². The number of sulfonamides is 1. The summed E-state index contributed by atoms with van der Waals surface area (Å²) in [6.45, 7) is 2.52. The van der Waals surface area contributed by atoms with Crippen molar-refractivity contribution in [3.63, 3.8) is 0 Å². The van der Waals surface area contributed by atoms with Crippen molar-refractivity contribution < 1.29 is 21.6 Å². The highest BCUT2D eigenvalue weighted by atomic mass is 32.2. The summed E-state index contributed by atoms with van der Waals surface area (Å²) in [5, 5.41) is 6.90. The van der Waals surface area contributed by atoms with Crippen LogP contribution in [0.5, 0.6) is 0 Å². The van der Waals surface area contributed by atoms with Crippen molar-refractivity contribution in [1.82, 2.24) is 19.1 Å². The van der Waals surface area contributed by atoms with E-state index in [1.165, 1.54) is 22.6 Å². The summed E-state index contributed by atoms with van der Waals surface area (Å²) < 4.78 is 68.3. The number of benzene rings is 2. The molecular formula is C22H21F3N4O3S. The molecular weight excluding hydrogens is 457 g/mol. The number of hydrogen-bond donors (Lipinski definition) is 1. The molecule has 2 heterocycles. The molecule has 0 amide bonds. The lowest BCUT2D eigenvalue weighted by Gasteiger charge is -2.21. The van der Waals surface area contributed by atoms with Gasteiger partial charge in [-0.1, -0.05) is 44.2 Å². The Morgan fingerprint density at radius 1 is 1.06 bits per heavy atom. The number of H-pyrrole nitrogens is 1. The van der Waals surface area contributed by atoms with Gasteiger partial charge in [-0.3, -0.25) is 14.5 Å². The number of nitrogens with zero attached hydrogens (tertiary/aromatic N) is 3. The van der Waals surface area contributed by atoms with E-state index in [0.29, 0.717) is 26.6 Å². The largest absolute Gasteiger partial charge is 0.406 e. The first kappa shape index (κ1) is 23.0. The Balaban J connectivity index is 2.02. The molecule has 0 saturated carbocycles. The summed E-state index contributed by atoms with van der Waals surface area (Å²) in [5.41, 5.74) is 0.237. The van der Waals surface area contributed by atoms with Crippen LogP contribution in [0.4, 0.5) is 13.2 Å². The van der Waals surface area contributed by atoms with Crippen molar-refractivity contribution in [1.29, 1.82) is 0 Å². The van der Waals surface area contributed by atoms with Gasteiger partial charge < -0.3 is 0 Å². The second-order valence-electron chi connectivity index (χ2n) is 7.48. The van der Waals surface area contributed by atoms with Crippen LogP contribution in [-0.4, -0.2) is 46.8 Å². The van der Waals surface area contributed by atoms with E-state index >= 15 is 0 Å². The minimum absolute atomic E-state index is 0.0293. The van der Waals surface area contributed by atoms with E-state index in [1.54, 1.807) is 44.2 Å². The summed E-state index contributed by atoms with van der Waals surface area (Å²) in [7, 11) is -3.84. The molecule has 0 aliphatic rings. The number of hydrogen-bond acceptors (Lipinski definition) is 4. The second kappa shape index (κ2) is 8.31. The monoisotopic (exact) mass is 478 g/mol. The fourth-order valence-corrected chi connectivity index (χ4v) is 5.68. The number of halogens is 3. The Hall–Kier alpha value is -3.18. The molecule has 7 nitrogen and oxygen atoms in total. The topological polar surface area (TPSA) is 88.1 Å². The van der Waals surface area contributed by atoms with Gasteiger partial charge in [0.05, 0.1) is 27.5 Å². The smallest absolute Gasteiger partial charge is 0.298 e. The van der Waals surface area contributed by atoms with E-state index < -0.39 is 28.3 Å². The molecule has 0 fully saturated rings. The zero-order chi connectivity index (χ0) is 24.0. The van der Waals surface area contributed by atoms with Crippen LogP contribution in [0.1, 0.15) is 13.8 Å². The average molecular weight is 478 g/mol. The highest BCUT2D eigenvalue weighted by Gasteiger charge is 2.30. The van der Waals surface area contributed by atoms with Gasteiger partial charge in [-0.2, -0.15) is 22.6 Å². The summed E-state index contributed by atoms with van der Waals surface area (Å²) in [4.78, 5) is 12.9. The third-order valence-corrected chi connectivity index (χ3v) is 7.64. The van der Waals surface area contributed by atoms with Crippen molar-refractivity contribution in [2.45, 2.75) is 31.5 Å². The molecule has 0 bridgehead atoms. The molecule has 2 aromatic carbocycles. The molecule has 0 spiro atoms. The van der Waals surface area contributed by atoms with Gasteiger partial charge in [0.1, 0.15) is 6.54 Å². The van der Waals surface area contributed by atoms with Crippen molar-refractivity contribution in [2.75, 3.05) is 13.1 Å². The first-order chi connectivity index (χ1) is 15.6. The number of alkyl halides is 3. The molecule has 0 aliphatic heterocycles. The van der Waals surface area contributed by atoms with Crippen molar-refractivity contribution in [3.8, 4) is 11.1 Å². The normalized spacial score (nSPS) is 12.8. The zero-order valence-corrected chi connectivity index (χ0v) is 18.7. The first-order valence-electron chi connectivity index (χ1n) is 10.2. The number of pyridine rings is 1. The third kappa shape index (κ3) is 4.02. The van der Waals surface area contributed by atoms with E-state index in [-0.39, 0.29) is 28.9 Å². The molecule has 1 N–H and O–H groups in total. The lowest BCUT2D eigenvalue weighted by atomic mass is 10.0. The van der Waals surface area contributed by atoms with Crippen LogP contribution < -0.4 is 5.56 Å². The Bertz CT molecular complexity index is 1500. The van der Waals surface area contributed by atoms with E-state index in [4.69, 9.17) is 0 Å². The number of aromatic nitrogens is 3. The zero-order valence-electron chi connectivity index (χ0n) is 17.8. The third-order valence-electron chi connectivity index (χ3n) is 5.53. The minimum atomic E-state index is -4.63. The Morgan fingerprint density at radius 3 is 2.42 bits per heavy atom. The van der Waals surface area contributed by atoms with E-state index in [0.717, 1.165) is 0 Å². The summed E-state index contributed by atoms with van der Waals surface area (Å²) >= 11 is 0. The number of fused-ring (bicyclic) bond motifs is 3. The van der Waals surface area contributed by atoms with E-state index in [9.17, 15) is 26.4 Å². The predicted octanol–water partition coefficient (Wildman–Crippen LogP) is 4.14. The molecule has 0 unspecified atom stereocenters. The summed E-state index contributed by atoms with van der Waals surface area (Å²) in [5.74, 6) is 0. The maximum atomic E-state index is 13.3. The van der Waals surface area contributed by atoms with Crippen LogP contribution in [0, 0.1) is 0 Å². The fourth-order valence-electron chi connectivity index (χ4n) is 4.01. The van der Waals surface area contributed by atoms with Gasteiger partial charge in [-0.05, 0) is 17.7 Å². The molecule has 174 valence electrons. The number of rotatable bonds is 6. The maximum absolute atomic E-state index is 13.3. The van der Waals surface area contributed by atoms with Gasteiger partial charge in [-0.25, -0.2) is 8.42 Å². The molecule has 4 aromatic rings. The van der Waals surface area contributed by atoms with Crippen LogP contribution in [0.25, 0.3) is 32.9 Å². The molecule has 11 heteroatoms. The molecule has 0 saturated heterocycles. The van der Waals surface area contributed by atoms with Gasteiger partial charge in [-0.15, -0.1) is 0 Å². The van der Waals surface area contributed by atoms with Crippen LogP contribution in [0.15, 0.2) is 58.4 Å². The SMILES string of the molecule is CCN(CC)S(=O)(=O)c1ccccc1-c1ccc2c3[nH]ncc3c(=O)n(CC(F)(F)F)c2c1. The maximum Gasteiger partial charge on any atom is 0.406 e. The van der Waals surface area contributed by atoms with E-state index in [2.05, 4.69) is 10.2 Å². The molecule has 0 aliphatic carbocycles. The van der Waals surface area contributed by atoms with Crippen molar-refractivity contribution in [3.05, 3.63) is 59.0 Å². The van der Waals surface area contributed by atoms with Gasteiger partial charge in [0.2, 0.25) is 10.0 Å². The van der Waals surface area contributed by atoms with Crippen LogP contribution >= 0.6 is 0 Å². The second-order valence-corrected chi connectivity index (χ2v) is 9.39. The Kier molecular flexibility index (Phi) is 5.79. The molecule has 4 rings (SSSR count). The number of nitrogens with one attached hydrogen (secondary N) is 1. The lowest BCUT2D eigenvalue weighted by Crippen LogP contribution is -2.31. The minimum Gasteiger partial charge on any atom is -0.298 e. The summed E-state index contributed by atoms with van der Waals surface area (Å²) in [6.07, 6.45) is -3.43. The molecule has 0 radical (unpaired) electrons. The van der Waals surface area contributed by atoms with Gasteiger partial charge in [0, 0.05) is 24.0 Å². The molecule has 0 atom stereocenters. The van der Waals surface area contributed by atoms with Crippen LogP contribution in [0.3, 0.4) is 0 Å². The van der Waals surface area contributed by atoms with Crippen molar-refractivity contribution in [2.24, 2.45) is 0 Å². The predicted molar refractivity (Wildman–Crippen MR) is 119 cm³/mol. The Morgan fingerprint density at radius 2 is 1.76 bits per heavy atom. The van der Waals surface area contributed by atoms with Gasteiger partial charge in [0.25, 0.3) is 5.56 Å². The summed E-state index contributed by atoms with van der Waals surface area (Å²) in [6, 6.07) is 10.9. The fraction of sp³-hybridized carbons (Fsp3) is 0.273. The van der Waals surface area contributed by atoms with Gasteiger partial charge in [0.15, 0.2) is 0 Å². The lowest BCUT2D eigenvalue weighted by molar-refractivity contribution is -0.140. The molecule has 2 aromatic heterocycles. The van der Waals surface area contributed by atoms with Gasteiger partial charge >= 0.3 is 6.18 Å². The highest BCUT2D eigenvalue weighted by molar-refractivity contribution is 7.89. The quantitative estimate of drug-likeness (QED) is 0.451. The highest BCUT2D eigenvalue weighted by Crippen LogP contribution is 2.33.